The smallest absolute Gasteiger partial charge is 0.0794 e. The van der Waals surface area contributed by atoms with Gasteiger partial charge >= 0.3 is 0 Å². The van der Waals surface area contributed by atoms with Gasteiger partial charge in [0.1, 0.15) is 0 Å². The molecule has 0 aromatic heterocycles. The van der Waals surface area contributed by atoms with E-state index in [9.17, 15) is 0 Å². The summed E-state index contributed by atoms with van der Waals surface area (Å²) in [7, 11) is 0. The Morgan fingerprint density at radius 1 is 1.12 bits per heavy atom. The highest BCUT2D eigenvalue weighted by Crippen LogP contribution is 2.45. The zero-order valence-corrected chi connectivity index (χ0v) is 10.6. The molecular formula is C14H19NS. The third kappa shape index (κ3) is 2.14. The van der Waals surface area contributed by atoms with Crippen LogP contribution in [-0.4, -0.2) is 11.8 Å². The molecule has 2 heteroatoms. The highest BCUT2D eigenvalue weighted by Gasteiger charge is 2.29. The molecule has 16 heavy (non-hydrogen) atoms. The third-order valence-corrected chi connectivity index (χ3v) is 4.76. The molecule has 2 unspecified atom stereocenters. The minimum atomic E-state index is 0.528. The standard InChI is InChI=1S/C14H19NS/c1-10-8-9-16-14(15-10)13-5-3-2-4-12(13)11-6-7-11/h2-5,10-11,14-15H,6-9H2,1H3. The molecule has 1 nitrogen and oxygen atoms in total. The molecule has 2 atom stereocenters. The number of hydrogen-bond donors (Lipinski definition) is 1. The van der Waals surface area contributed by atoms with Gasteiger partial charge in [0.2, 0.25) is 0 Å². The van der Waals surface area contributed by atoms with Crippen LogP contribution in [0, 0.1) is 0 Å². The van der Waals surface area contributed by atoms with Crippen LogP contribution < -0.4 is 5.32 Å². The molecule has 0 bridgehead atoms. The van der Waals surface area contributed by atoms with Gasteiger partial charge in [-0.3, -0.25) is 5.32 Å². The van der Waals surface area contributed by atoms with Crippen molar-refractivity contribution in [3.63, 3.8) is 0 Å². The van der Waals surface area contributed by atoms with Crippen LogP contribution in [0.4, 0.5) is 0 Å². The Kier molecular flexibility index (Phi) is 2.95. The largest absolute Gasteiger partial charge is 0.299 e. The lowest BCUT2D eigenvalue weighted by atomic mass is 10.0. The highest BCUT2D eigenvalue weighted by molar-refractivity contribution is 7.99. The van der Waals surface area contributed by atoms with Crippen LogP contribution >= 0.6 is 11.8 Å². The maximum Gasteiger partial charge on any atom is 0.0794 e. The normalized spacial score (nSPS) is 30.3. The fraction of sp³-hybridized carbons (Fsp3) is 0.571. The average Bonchev–Trinajstić information content (AvgIpc) is 3.13. The molecule has 0 radical (unpaired) electrons. The summed E-state index contributed by atoms with van der Waals surface area (Å²) in [5, 5.41) is 4.25. The summed E-state index contributed by atoms with van der Waals surface area (Å²) < 4.78 is 0. The molecule has 2 fully saturated rings. The first-order chi connectivity index (χ1) is 7.84. The predicted octanol–water partition coefficient (Wildman–Crippen LogP) is 3.68. The zero-order chi connectivity index (χ0) is 11.0. The molecule has 3 rings (SSSR count). The predicted molar refractivity (Wildman–Crippen MR) is 70.8 cm³/mol. The van der Waals surface area contributed by atoms with Crippen LogP contribution in [0.3, 0.4) is 0 Å². The SMILES string of the molecule is CC1CCSC(c2ccccc2C2CC2)N1. The quantitative estimate of drug-likeness (QED) is 0.836. The Balaban J connectivity index is 1.86. The molecule has 0 spiro atoms. The van der Waals surface area contributed by atoms with Gasteiger partial charge < -0.3 is 0 Å². The van der Waals surface area contributed by atoms with Gasteiger partial charge in [-0.1, -0.05) is 24.3 Å². The van der Waals surface area contributed by atoms with Gasteiger partial charge in [0.05, 0.1) is 5.37 Å². The van der Waals surface area contributed by atoms with E-state index in [-0.39, 0.29) is 0 Å². The van der Waals surface area contributed by atoms with Crippen LogP contribution in [0.25, 0.3) is 0 Å². The van der Waals surface area contributed by atoms with E-state index in [0.29, 0.717) is 11.4 Å². The van der Waals surface area contributed by atoms with Crippen molar-refractivity contribution in [1.29, 1.82) is 0 Å². The molecular weight excluding hydrogens is 214 g/mol. The molecule has 1 saturated heterocycles. The second kappa shape index (κ2) is 4.42. The number of nitrogens with one attached hydrogen (secondary N) is 1. The van der Waals surface area contributed by atoms with Crippen molar-refractivity contribution in [2.75, 3.05) is 5.75 Å². The van der Waals surface area contributed by atoms with Gasteiger partial charge in [0.25, 0.3) is 0 Å². The molecule has 1 aromatic rings. The van der Waals surface area contributed by atoms with Crippen molar-refractivity contribution in [2.45, 2.75) is 43.5 Å². The zero-order valence-electron chi connectivity index (χ0n) is 9.78. The van der Waals surface area contributed by atoms with E-state index < -0.39 is 0 Å². The van der Waals surface area contributed by atoms with Crippen molar-refractivity contribution >= 4 is 11.8 Å². The molecule has 1 aromatic carbocycles. The van der Waals surface area contributed by atoms with Crippen molar-refractivity contribution in [3.05, 3.63) is 35.4 Å². The van der Waals surface area contributed by atoms with Crippen LogP contribution in [0.2, 0.25) is 0 Å². The van der Waals surface area contributed by atoms with E-state index in [0.717, 1.165) is 5.92 Å². The lowest BCUT2D eigenvalue weighted by molar-refractivity contribution is 0.510. The van der Waals surface area contributed by atoms with Crippen molar-refractivity contribution in [3.8, 4) is 0 Å². The van der Waals surface area contributed by atoms with Gasteiger partial charge in [0.15, 0.2) is 0 Å². The van der Waals surface area contributed by atoms with Crippen LogP contribution in [0.5, 0.6) is 0 Å². The fourth-order valence-corrected chi connectivity index (χ4v) is 3.90. The summed E-state index contributed by atoms with van der Waals surface area (Å²) in [6.07, 6.45) is 4.08. The number of thioether (sulfide) groups is 1. The van der Waals surface area contributed by atoms with Crippen LogP contribution in [0.15, 0.2) is 24.3 Å². The van der Waals surface area contributed by atoms with E-state index >= 15 is 0 Å². The third-order valence-electron chi connectivity index (χ3n) is 3.57. The summed E-state index contributed by atoms with van der Waals surface area (Å²) in [6, 6.07) is 9.68. The molecule has 1 heterocycles. The molecule has 1 N–H and O–H groups in total. The summed E-state index contributed by atoms with van der Waals surface area (Å²) >= 11 is 2.07. The van der Waals surface area contributed by atoms with Crippen molar-refractivity contribution in [1.82, 2.24) is 5.32 Å². The maximum absolute atomic E-state index is 3.72. The molecule has 1 aliphatic heterocycles. The first-order valence-corrected chi connectivity index (χ1v) is 7.36. The molecule has 86 valence electrons. The lowest BCUT2D eigenvalue weighted by Crippen LogP contribution is -2.34. The monoisotopic (exact) mass is 233 g/mol. The molecule has 0 amide bonds. The van der Waals surface area contributed by atoms with Gasteiger partial charge in [-0.15, -0.1) is 11.8 Å². The molecule has 1 aliphatic carbocycles. The summed E-state index contributed by atoms with van der Waals surface area (Å²) in [5.74, 6) is 2.15. The number of benzene rings is 1. The molecule has 2 aliphatic rings. The Morgan fingerprint density at radius 2 is 1.88 bits per heavy atom. The first-order valence-electron chi connectivity index (χ1n) is 6.31. The summed E-state index contributed by atoms with van der Waals surface area (Å²) in [5.41, 5.74) is 3.14. The average molecular weight is 233 g/mol. The minimum absolute atomic E-state index is 0.528. The van der Waals surface area contributed by atoms with Crippen LogP contribution in [0.1, 0.15) is 48.6 Å². The van der Waals surface area contributed by atoms with Gasteiger partial charge in [-0.2, -0.15) is 0 Å². The van der Waals surface area contributed by atoms with Gasteiger partial charge in [-0.25, -0.2) is 0 Å². The highest BCUT2D eigenvalue weighted by atomic mass is 32.2. The van der Waals surface area contributed by atoms with E-state index in [1.54, 1.807) is 11.1 Å². The second-order valence-electron chi connectivity index (χ2n) is 5.01. The summed E-state index contributed by atoms with van der Waals surface area (Å²) in [4.78, 5) is 0. The Hall–Kier alpha value is -0.470. The van der Waals surface area contributed by atoms with Gasteiger partial charge in [0, 0.05) is 6.04 Å². The summed E-state index contributed by atoms with van der Waals surface area (Å²) in [6.45, 7) is 2.30. The van der Waals surface area contributed by atoms with Gasteiger partial charge in [-0.05, 0) is 49.0 Å². The Morgan fingerprint density at radius 3 is 2.56 bits per heavy atom. The Bertz CT molecular complexity index is 373. The van der Waals surface area contributed by atoms with E-state index in [1.165, 1.54) is 25.0 Å². The van der Waals surface area contributed by atoms with Crippen LogP contribution in [-0.2, 0) is 0 Å². The second-order valence-corrected chi connectivity index (χ2v) is 6.22. The number of hydrogen-bond acceptors (Lipinski definition) is 2. The van der Waals surface area contributed by atoms with E-state index in [4.69, 9.17) is 0 Å². The fourth-order valence-electron chi connectivity index (χ4n) is 2.45. The maximum atomic E-state index is 3.72. The minimum Gasteiger partial charge on any atom is -0.299 e. The number of rotatable bonds is 2. The Labute approximate surface area is 102 Å². The van der Waals surface area contributed by atoms with E-state index in [2.05, 4.69) is 48.3 Å². The lowest BCUT2D eigenvalue weighted by Gasteiger charge is -2.30. The van der Waals surface area contributed by atoms with Crippen molar-refractivity contribution in [2.24, 2.45) is 0 Å². The van der Waals surface area contributed by atoms with E-state index in [1.807, 2.05) is 0 Å². The first kappa shape index (κ1) is 10.7. The van der Waals surface area contributed by atoms with Crippen molar-refractivity contribution < 1.29 is 0 Å². The topological polar surface area (TPSA) is 12.0 Å². The molecule has 1 saturated carbocycles.